The predicted octanol–water partition coefficient (Wildman–Crippen LogP) is 2.56. The van der Waals surface area contributed by atoms with E-state index in [1.54, 1.807) is 12.1 Å². The van der Waals surface area contributed by atoms with Crippen LogP contribution in [0.5, 0.6) is 17.2 Å². The van der Waals surface area contributed by atoms with Crippen LogP contribution in [0.1, 0.15) is 28.8 Å². The first-order valence-corrected chi connectivity index (χ1v) is 12.0. The highest BCUT2D eigenvalue weighted by Gasteiger charge is 2.43. The molecule has 0 saturated carbocycles. The Balaban J connectivity index is 1.90. The quantitative estimate of drug-likeness (QED) is 0.424. The molecule has 1 aliphatic heterocycles. The highest BCUT2D eigenvalue weighted by Crippen LogP contribution is 2.40. The van der Waals surface area contributed by atoms with E-state index >= 15 is 0 Å². The Morgan fingerprint density at radius 3 is 2.25 bits per heavy atom. The lowest BCUT2D eigenvalue weighted by atomic mass is 9.75. The molecule has 0 bridgehead atoms. The van der Waals surface area contributed by atoms with Crippen molar-refractivity contribution in [3.05, 3.63) is 53.6 Å². The fourth-order valence-corrected chi connectivity index (χ4v) is 4.57. The lowest BCUT2D eigenvalue weighted by Crippen LogP contribution is -2.31. The van der Waals surface area contributed by atoms with E-state index in [4.69, 9.17) is 18.4 Å². The third-order valence-corrected chi connectivity index (χ3v) is 6.43. The molecule has 0 radical (unpaired) electrons. The number of nitrogens with one attached hydrogen (secondary N) is 1. The Labute approximate surface area is 188 Å². The molecule has 0 aliphatic carbocycles. The summed E-state index contributed by atoms with van der Waals surface area (Å²) in [4.78, 5) is 13.5. The number of methoxy groups -OCH3 is 3. The molecule has 1 N–H and O–H groups in total. The van der Waals surface area contributed by atoms with Crippen molar-refractivity contribution in [3.8, 4) is 17.2 Å². The van der Waals surface area contributed by atoms with E-state index in [1.807, 2.05) is 30.3 Å². The number of ketones is 1. The van der Waals surface area contributed by atoms with E-state index < -0.39 is 21.6 Å². The van der Waals surface area contributed by atoms with Crippen LogP contribution < -0.4 is 19.5 Å². The fourth-order valence-electron chi connectivity index (χ4n) is 4.18. The summed E-state index contributed by atoms with van der Waals surface area (Å²) in [5.74, 6) is 1.17. The van der Waals surface area contributed by atoms with Crippen molar-refractivity contribution in [2.75, 3.05) is 40.7 Å². The zero-order valence-corrected chi connectivity index (χ0v) is 19.5. The second-order valence-corrected chi connectivity index (χ2v) is 9.48. The zero-order chi connectivity index (χ0) is 23.4. The summed E-state index contributed by atoms with van der Waals surface area (Å²) < 4.78 is 44.0. The van der Waals surface area contributed by atoms with E-state index in [9.17, 15) is 13.2 Å². The summed E-state index contributed by atoms with van der Waals surface area (Å²) in [6.07, 6.45) is 1.97. The van der Waals surface area contributed by atoms with Crippen LogP contribution >= 0.6 is 0 Å². The summed E-state index contributed by atoms with van der Waals surface area (Å²) in [6, 6.07) is 12.5. The van der Waals surface area contributed by atoms with E-state index in [0.29, 0.717) is 42.2 Å². The minimum atomic E-state index is -3.55. The van der Waals surface area contributed by atoms with Crippen molar-refractivity contribution in [3.63, 3.8) is 0 Å². The van der Waals surface area contributed by atoms with Gasteiger partial charge >= 0.3 is 0 Å². The molecule has 1 fully saturated rings. The smallest absolute Gasteiger partial charge is 0.264 e. The Morgan fingerprint density at radius 1 is 1.03 bits per heavy atom. The van der Waals surface area contributed by atoms with Gasteiger partial charge in [-0.1, -0.05) is 30.3 Å². The highest BCUT2D eigenvalue weighted by atomic mass is 32.2. The van der Waals surface area contributed by atoms with Gasteiger partial charge in [0.25, 0.3) is 10.1 Å². The summed E-state index contributed by atoms with van der Waals surface area (Å²) >= 11 is 0. The Hall–Kier alpha value is -2.62. The first-order valence-electron chi connectivity index (χ1n) is 10.2. The SMILES string of the molecule is COc1cc(OC)c(C(=O)C2CC(CCOS(C)(=O)=O)(c3ccccc3)CN2)cc1OC. The molecule has 1 heterocycles. The van der Waals surface area contributed by atoms with Gasteiger partial charge in [-0.05, 0) is 24.5 Å². The van der Waals surface area contributed by atoms with Gasteiger partial charge in [-0.3, -0.25) is 8.98 Å². The van der Waals surface area contributed by atoms with Gasteiger partial charge in [0.15, 0.2) is 17.3 Å². The number of Topliss-reactive ketones (excluding diaryl/α,β-unsaturated/α-hetero) is 1. The standard InChI is InChI=1S/C23H29NO7S/c1-28-19-13-21(30-3)20(29-2)12-17(19)22(25)18-14-23(15-24-18,10-11-31-32(4,26)27)16-8-6-5-7-9-16/h5-9,12-13,18,24H,10-11,14-15H2,1-4H3. The topological polar surface area (TPSA) is 100 Å². The fraction of sp³-hybridized carbons (Fsp3) is 0.435. The molecule has 2 atom stereocenters. The Morgan fingerprint density at radius 2 is 1.66 bits per heavy atom. The first kappa shape index (κ1) is 24.0. The van der Waals surface area contributed by atoms with Crippen LogP contribution in [-0.4, -0.2) is 61.0 Å². The van der Waals surface area contributed by atoms with Gasteiger partial charge in [0.1, 0.15) is 5.75 Å². The van der Waals surface area contributed by atoms with Gasteiger partial charge < -0.3 is 19.5 Å². The molecule has 0 spiro atoms. The van der Waals surface area contributed by atoms with Crippen LogP contribution in [0.3, 0.4) is 0 Å². The molecule has 1 aliphatic rings. The molecule has 3 rings (SSSR count). The van der Waals surface area contributed by atoms with Crippen molar-refractivity contribution in [2.45, 2.75) is 24.3 Å². The predicted molar refractivity (Wildman–Crippen MR) is 120 cm³/mol. The largest absolute Gasteiger partial charge is 0.496 e. The summed E-state index contributed by atoms with van der Waals surface area (Å²) in [5.41, 5.74) is 0.967. The molecule has 0 amide bonds. The summed E-state index contributed by atoms with van der Waals surface area (Å²) in [6.45, 7) is 0.548. The van der Waals surface area contributed by atoms with E-state index in [2.05, 4.69) is 5.32 Å². The molecule has 8 nitrogen and oxygen atoms in total. The number of carbonyl (C=O) groups excluding carboxylic acids is 1. The molecule has 0 aromatic heterocycles. The van der Waals surface area contributed by atoms with Gasteiger partial charge in [0, 0.05) is 18.0 Å². The van der Waals surface area contributed by atoms with E-state index in [0.717, 1.165) is 11.8 Å². The maximum atomic E-state index is 13.5. The van der Waals surface area contributed by atoms with E-state index in [1.165, 1.54) is 21.3 Å². The summed E-state index contributed by atoms with van der Waals surface area (Å²) in [7, 11) is 0.973. The normalized spacial score (nSPS) is 20.7. The van der Waals surface area contributed by atoms with Crippen LogP contribution in [0.4, 0.5) is 0 Å². The lowest BCUT2D eigenvalue weighted by molar-refractivity contribution is 0.0944. The molecule has 2 aromatic carbocycles. The van der Waals surface area contributed by atoms with Crippen LogP contribution in [0, 0.1) is 0 Å². The third kappa shape index (κ3) is 5.23. The van der Waals surface area contributed by atoms with Crippen molar-refractivity contribution in [2.24, 2.45) is 0 Å². The van der Waals surface area contributed by atoms with Crippen LogP contribution in [0.25, 0.3) is 0 Å². The Kier molecular flexibility index (Phi) is 7.43. The second kappa shape index (κ2) is 9.89. The molecule has 32 heavy (non-hydrogen) atoms. The number of ether oxygens (including phenoxy) is 3. The molecule has 2 unspecified atom stereocenters. The van der Waals surface area contributed by atoms with Crippen molar-refractivity contribution in [1.29, 1.82) is 0 Å². The molecule has 1 saturated heterocycles. The van der Waals surface area contributed by atoms with Gasteiger partial charge in [0.2, 0.25) is 0 Å². The van der Waals surface area contributed by atoms with E-state index in [-0.39, 0.29) is 12.4 Å². The zero-order valence-electron chi connectivity index (χ0n) is 18.7. The number of hydrogen-bond acceptors (Lipinski definition) is 8. The van der Waals surface area contributed by atoms with Crippen molar-refractivity contribution >= 4 is 15.9 Å². The molecular weight excluding hydrogens is 434 g/mol. The molecule has 2 aromatic rings. The monoisotopic (exact) mass is 463 g/mol. The molecule has 174 valence electrons. The summed E-state index contributed by atoms with van der Waals surface area (Å²) in [5, 5.41) is 3.33. The highest BCUT2D eigenvalue weighted by molar-refractivity contribution is 7.85. The number of carbonyl (C=O) groups is 1. The van der Waals surface area contributed by atoms with Crippen LogP contribution in [0.2, 0.25) is 0 Å². The van der Waals surface area contributed by atoms with Crippen molar-refractivity contribution in [1.82, 2.24) is 5.32 Å². The number of rotatable bonds is 10. The average molecular weight is 464 g/mol. The van der Waals surface area contributed by atoms with Gasteiger partial charge in [-0.2, -0.15) is 8.42 Å². The van der Waals surface area contributed by atoms with Gasteiger partial charge in [-0.15, -0.1) is 0 Å². The maximum Gasteiger partial charge on any atom is 0.264 e. The van der Waals surface area contributed by atoms with Crippen LogP contribution in [-0.2, 0) is 19.7 Å². The molecule has 9 heteroatoms. The van der Waals surface area contributed by atoms with Crippen molar-refractivity contribution < 1.29 is 31.6 Å². The van der Waals surface area contributed by atoms with Gasteiger partial charge in [0.05, 0.1) is 45.8 Å². The lowest BCUT2D eigenvalue weighted by Gasteiger charge is -2.29. The third-order valence-electron chi connectivity index (χ3n) is 5.83. The van der Waals surface area contributed by atoms with Gasteiger partial charge in [-0.25, -0.2) is 0 Å². The molecular formula is C23H29NO7S. The minimum Gasteiger partial charge on any atom is -0.496 e. The second-order valence-electron chi connectivity index (χ2n) is 7.83. The average Bonchev–Trinajstić information content (AvgIpc) is 3.22. The maximum absolute atomic E-state index is 13.5. The number of hydrogen-bond donors (Lipinski definition) is 1. The Bertz CT molecular complexity index is 1060. The minimum absolute atomic E-state index is 0.0377. The number of benzene rings is 2. The first-order chi connectivity index (χ1) is 15.2. The van der Waals surface area contributed by atoms with Crippen LogP contribution in [0.15, 0.2) is 42.5 Å².